The summed E-state index contributed by atoms with van der Waals surface area (Å²) in [5, 5.41) is 49.9. The van der Waals surface area contributed by atoms with Gasteiger partial charge in [0.1, 0.15) is 30.0 Å². The van der Waals surface area contributed by atoms with Crippen LogP contribution in [-0.4, -0.2) is 81.0 Å². The van der Waals surface area contributed by atoms with Gasteiger partial charge in [0.2, 0.25) is 6.29 Å². The first kappa shape index (κ1) is 18.7. The van der Waals surface area contributed by atoms with Crippen LogP contribution in [0.25, 0.3) is 0 Å². The van der Waals surface area contributed by atoms with E-state index >= 15 is 0 Å². The lowest BCUT2D eigenvalue weighted by atomic mass is 9.80. The maximum absolute atomic E-state index is 11.2. The van der Waals surface area contributed by atoms with Crippen molar-refractivity contribution in [1.82, 2.24) is 0 Å². The van der Waals surface area contributed by atoms with Crippen molar-refractivity contribution in [3.8, 4) is 0 Å². The fraction of sp³-hybridized carbons (Fsp3) is 0.812. The molecule has 9 atom stereocenters. The van der Waals surface area contributed by atoms with Crippen molar-refractivity contribution in [3.05, 3.63) is 11.8 Å². The number of aldehydes is 1. The average Bonchev–Trinajstić information content (AvgIpc) is 2.91. The molecule has 0 aromatic rings. The van der Waals surface area contributed by atoms with Crippen LogP contribution in [0.3, 0.4) is 0 Å². The summed E-state index contributed by atoms with van der Waals surface area (Å²) < 4.78 is 16.4. The van der Waals surface area contributed by atoms with E-state index in [1.807, 2.05) is 6.92 Å². The van der Waals surface area contributed by atoms with E-state index in [1.54, 1.807) is 0 Å². The first-order valence-corrected chi connectivity index (χ1v) is 8.33. The van der Waals surface area contributed by atoms with E-state index in [0.717, 1.165) is 6.26 Å². The molecule has 0 aromatic heterocycles. The number of aliphatic hydroxyl groups is 5. The van der Waals surface area contributed by atoms with Crippen LogP contribution in [0.5, 0.6) is 0 Å². The van der Waals surface area contributed by atoms with E-state index < -0.39 is 55.1 Å². The van der Waals surface area contributed by atoms with E-state index in [1.165, 1.54) is 0 Å². The smallest absolute Gasteiger partial charge is 0.207 e. The maximum atomic E-state index is 11.2. The molecule has 0 amide bonds. The van der Waals surface area contributed by atoms with Crippen molar-refractivity contribution < 1.29 is 44.5 Å². The summed E-state index contributed by atoms with van der Waals surface area (Å²) in [6.45, 7) is 1.32. The third kappa shape index (κ3) is 2.99. The number of aliphatic hydroxyl groups excluding tert-OH is 4. The summed E-state index contributed by atoms with van der Waals surface area (Å²) in [5.74, 6) is -0.589. The Morgan fingerprint density at radius 2 is 2.00 bits per heavy atom. The number of ether oxygens (including phenoxy) is 3. The van der Waals surface area contributed by atoms with Gasteiger partial charge in [-0.3, -0.25) is 4.79 Å². The summed E-state index contributed by atoms with van der Waals surface area (Å²) >= 11 is 0. The van der Waals surface area contributed by atoms with E-state index in [4.69, 9.17) is 14.2 Å². The van der Waals surface area contributed by atoms with Crippen LogP contribution < -0.4 is 0 Å². The molecule has 0 bridgehead atoms. The zero-order valence-corrected chi connectivity index (χ0v) is 13.8. The molecule has 0 unspecified atom stereocenters. The van der Waals surface area contributed by atoms with Gasteiger partial charge in [0, 0.05) is 0 Å². The highest BCUT2D eigenvalue weighted by Gasteiger charge is 2.56. The van der Waals surface area contributed by atoms with E-state index in [2.05, 4.69) is 0 Å². The second-order valence-corrected chi connectivity index (χ2v) is 6.99. The summed E-state index contributed by atoms with van der Waals surface area (Å²) in [4.78, 5) is 11.2. The maximum Gasteiger partial charge on any atom is 0.207 e. The second kappa shape index (κ2) is 6.92. The van der Waals surface area contributed by atoms with Crippen LogP contribution in [0.2, 0.25) is 0 Å². The molecule has 0 spiro atoms. The van der Waals surface area contributed by atoms with E-state index in [0.29, 0.717) is 19.1 Å². The molecule has 2 aliphatic heterocycles. The molecule has 25 heavy (non-hydrogen) atoms. The largest absolute Gasteiger partial charge is 0.471 e. The minimum atomic E-state index is -1.57. The molecule has 2 heterocycles. The average molecular weight is 360 g/mol. The number of rotatable bonds is 4. The molecule has 9 nitrogen and oxygen atoms in total. The molecule has 3 rings (SSSR count). The molecule has 0 aromatic carbocycles. The molecular formula is C16H24O9. The highest BCUT2D eigenvalue weighted by Crippen LogP contribution is 2.49. The Kier molecular flexibility index (Phi) is 5.18. The van der Waals surface area contributed by atoms with Gasteiger partial charge in [-0.05, 0) is 18.8 Å². The standard InChI is InChI=1S/C16H24O9/c1-7-2-3-16(22)8(4-17)6-23-14(10(7)16)25-15-13(21)12(20)11(19)9(5-18)24-15/h4,6-7,9-15,18-22H,2-3,5H2,1H3/t7-,9+,10+,11-,12-,13+,14+,15-,16+/m1/s1. The predicted octanol–water partition coefficient (Wildman–Crippen LogP) is -1.98. The number of carbonyl (C=O) groups excluding carboxylic acids is 1. The molecule has 5 N–H and O–H groups in total. The second-order valence-electron chi connectivity index (χ2n) is 6.99. The summed E-state index contributed by atoms with van der Waals surface area (Å²) in [6.07, 6.45) is -5.40. The Bertz CT molecular complexity index is 536. The highest BCUT2D eigenvalue weighted by atomic mass is 16.8. The normalized spacial score (nSPS) is 49.9. The van der Waals surface area contributed by atoms with Crippen molar-refractivity contribution in [3.63, 3.8) is 0 Å². The van der Waals surface area contributed by atoms with Crippen molar-refractivity contribution in [2.24, 2.45) is 11.8 Å². The first-order valence-electron chi connectivity index (χ1n) is 8.33. The molecule has 1 aliphatic carbocycles. The lowest BCUT2D eigenvalue weighted by molar-refractivity contribution is -0.346. The fourth-order valence-corrected chi connectivity index (χ4v) is 3.98. The van der Waals surface area contributed by atoms with Gasteiger partial charge in [0.05, 0.1) is 24.4 Å². The van der Waals surface area contributed by atoms with Crippen LogP contribution in [-0.2, 0) is 19.0 Å². The monoisotopic (exact) mass is 360 g/mol. The number of hydrogen-bond acceptors (Lipinski definition) is 9. The van der Waals surface area contributed by atoms with E-state index in [-0.39, 0.29) is 11.5 Å². The van der Waals surface area contributed by atoms with Gasteiger partial charge < -0.3 is 39.7 Å². The van der Waals surface area contributed by atoms with Gasteiger partial charge in [0.25, 0.3) is 0 Å². The summed E-state index contributed by atoms with van der Waals surface area (Å²) in [5.41, 5.74) is -1.26. The van der Waals surface area contributed by atoms with Crippen molar-refractivity contribution in [2.75, 3.05) is 6.61 Å². The quantitative estimate of drug-likeness (QED) is 0.360. The summed E-state index contributed by atoms with van der Waals surface area (Å²) in [6, 6.07) is 0. The van der Waals surface area contributed by atoms with Gasteiger partial charge in [-0.15, -0.1) is 0 Å². The predicted molar refractivity (Wildman–Crippen MR) is 80.7 cm³/mol. The molecule has 9 heteroatoms. The van der Waals surface area contributed by atoms with Crippen molar-refractivity contribution in [1.29, 1.82) is 0 Å². The molecule has 2 fully saturated rings. The number of carbonyl (C=O) groups is 1. The van der Waals surface area contributed by atoms with Crippen LogP contribution in [0, 0.1) is 11.8 Å². The lowest BCUT2D eigenvalue weighted by Crippen LogP contribution is -2.61. The third-order valence-corrected chi connectivity index (χ3v) is 5.51. The van der Waals surface area contributed by atoms with Gasteiger partial charge in [-0.1, -0.05) is 6.92 Å². The Morgan fingerprint density at radius 3 is 2.64 bits per heavy atom. The van der Waals surface area contributed by atoms with Crippen LogP contribution in [0.4, 0.5) is 0 Å². The Morgan fingerprint density at radius 1 is 1.28 bits per heavy atom. The Hall–Kier alpha value is -1.07. The lowest BCUT2D eigenvalue weighted by Gasteiger charge is -2.44. The number of hydrogen-bond donors (Lipinski definition) is 5. The Labute approximate surface area is 144 Å². The SMILES string of the molecule is C[C@@H]1CC[C@]2(O)C(C=O)=CO[C@@H](O[C@H]3O[C@@H](CO)[C@@H](O)[C@@H](O)[C@@H]3O)[C@H]12. The zero-order valence-electron chi connectivity index (χ0n) is 13.8. The minimum absolute atomic E-state index is 0.0245. The van der Waals surface area contributed by atoms with Crippen molar-refractivity contribution >= 4 is 6.29 Å². The Balaban J connectivity index is 1.80. The molecular weight excluding hydrogens is 336 g/mol. The molecule has 1 saturated carbocycles. The third-order valence-electron chi connectivity index (χ3n) is 5.51. The van der Waals surface area contributed by atoms with Gasteiger partial charge in [0.15, 0.2) is 12.6 Å². The highest BCUT2D eigenvalue weighted by molar-refractivity contribution is 5.76. The van der Waals surface area contributed by atoms with Crippen LogP contribution in [0.1, 0.15) is 19.8 Å². The topological polar surface area (TPSA) is 146 Å². The van der Waals surface area contributed by atoms with Gasteiger partial charge in [-0.25, -0.2) is 0 Å². The molecule has 1 saturated heterocycles. The van der Waals surface area contributed by atoms with E-state index in [9.17, 15) is 30.3 Å². The fourth-order valence-electron chi connectivity index (χ4n) is 3.98. The van der Waals surface area contributed by atoms with Crippen LogP contribution in [0.15, 0.2) is 11.8 Å². The summed E-state index contributed by atoms with van der Waals surface area (Å²) in [7, 11) is 0. The van der Waals surface area contributed by atoms with Gasteiger partial charge >= 0.3 is 0 Å². The van der Waals surface area contributed by atoms with Crippen LogP contribution >= 0.6 is 0 Å². The molecule has 142 valence electrons. The van der Waals surface area contributed by atoms with Crippen molar-refractivity contribution in [2.45, 2.75) is 62.4 Å². The van der Waals surface area contributed by atoms with Gasteiger partial charge in [-0.2, -0.15) is 0 Å². The molecule has 0 radical (unpaired) electrons. The number of fused-ring (bicyclic) bond motifs is 1. The molecule has 3 aliphatic rings. The first-order chi connectivity index (χ1) is 11.8. The minimum Gasteiger partial charge on any atom is -0.471 e. The zero-order chi connectivity index (χ0) is 18.4.